The highest BCUT2D eigenvalue weighted by Gasteiger charge is 2.09. The molecule has 0 fully saturated rings. The number of hydrogen-bond acceptors (Lipinski definition) is 2. The van der Waals surface area contributed by atoms with Crippen molar-refractivity contribution >= 4 is 5.97 Å². The Bertz CT molecular complexity index is 642. The van der Waals surface area contributed by atoms with Crippen molar-refractivity contribution in [3.05, 3.63) is 58.7 Å². The summed E-state index contributed by atoms with van der Waals surface area (Å²) in [5.74, 6) is -0.294. The number of benzene rings is 2. The Morgan fingerprint density at radius 3 is 2.35 bits per heavy atom. The summed E-state index contributed by atoms with van der Waals surface area (Å²) < 4.78 is 4.75. The van der Waals surface area contributed by atoms with Gasteiger partial charge in [0.1, 0.15) is 0 Å². The second-order valence-corrected chi connectivity index (χ2v) is 5.02. The van der Waals surface area contributed by atoms with E-state index in [-0.39, 0.29) is 5.97 Å². The fourth-order valence-electron chi connectivity index (χ4n) is 2.49. The highest BCUT2D eigenvalue weighted by molar-refractivity contribution is 5.90. The molecular weight excluding hydrogens is 248 g/mol. The summed E-state index contributed by atoms with van der Waals surface area (Å²) in [6.45, 7) is 6.32. The predicted octanol–water partition coefficient (Wildman–Crippen LogP) is 4.32. The minimum atomic E-state index is -0.294. The van der Waals surface area contributed by atoms with E-state index in [2.05, 4.69) is 32.0 Å². The Hall–Kier alpha value is -2.09. The first kappa shape index (κ1) is 14.3. The van der Waals surface area contributed by atoms with Crippen LogP contribution in [0.25, 0.3) is 11.1 Å². The number of carbonyl (C=O) groups excluding carboxylic acids is 1. The summed E-state index contributed by atoms with van der Waals surface area (Å²) in [5.41, 5.74) is 6.70. The van der Waals surface area contributed by atoms with Gasteiger partial charge in [-0.1, -0.05) is 31.2 Å². The molecular formula is C18H20O2. The van der Waals surface area contributed by atoms with E-state index in [0.717, 1.165) is 17.5 Å². The highest BCUT2D eigenvalue weighted by atomic mass is 16.5. The second kappa shape index (κ2) is 5.91. The van der Waals surface area contributed by atoms with E-state index in [1.54, 1.807) is 0 Å². The average molecular weight is 268 g/mol. The van der Waals surface area contributed by atoms with Crippen LogP contribution < -0.4 is 0 Å². The first-order chi connectivity index (χ1) is 9.56. The zero-order valence-electron chi connectivity index (χ0n) is 12.5. The van der Waals surface area contributed by atoms with E-state index in [1.165, 1.54) is 23.8 Å². The first-order valence-electron chi connectivity index (χ1n) is 6.85. The van der Waals surface area contributed by atoms with Crippen LogP contribution in [0.1, 0.15) is 34.0 Å². The van der Waals surface area contributed by atoms with Gasteiger partial charge in [-0.3, -0.25) is 0 Å². The molecule has 2 rings (SSSR count). The number of carbonyl (C=O) groups is 1. The van der Waals surface area contributed by atoms with Gasteiger partial charge in [0.25, 0.3) is 0 Å². The van der Waals surface area contributed by atoms with Crippen molar-refractivity contribution in [1.82, 2.24) is 0 Å². The quantitative estimate of drug-likeness (QED) is 0.775. The van der Waals surface area contributed by atoms with Crippen molar-refractivity contribution in [2.75, 3.05) is 7.11 Å². The fourth-order valence-corrected chi connectivity index (χ4v) is 2.49. The molecule has 0 atom stereocenters. The van der Waals surface area contributed by atoms with Crippen LogP contribution in [0.4, 0.5) is 0 Å². The van der Waals surface area contributed by atoms with Crippen molar-refractivity contribution in [1.29, 1.82) is 0 Å². The summed E-state index contributed by atoms with van der Waals surface area (Å²) in [7, 11) is 1.40. The van der Waals surface area contributed by atoms with Crippen LogP contribution in [-0.2, 0) is 11.2 Å². The fraction of sp³-hybridized carbons (Fsp3) is 0.278. The molecule has 0 saturated heterocycles. The van der Waals surface area contributed by atoms with Gasteiger partial charge in [0.05, 0.1) is 12.7 Å². The van der Waals surface area contributed by atoms with Crippen LogP contribution in [0, 0.1) is 13.8 Å². The molecule has 0 heterocycles. The normalized spacial score (nSPS) is 10.4. The molecule has 0 saturated carbocycles. The number of esters is 1. The number of rotatable bonds is 3. The van der Waals surface area contributed by atoms with E-state index in [1.807, 2.05) is 25.1 Å². The van der Waals surface area contributed by atoms with Gasteiger partial charge in [-0.25, -0.2) is 4.79 Å². The van der Waals surface area contributed by atoms with Crippen LogP contribution in [0.15, 0.2) is 36.4 Å². The zero-order valence-corrected chi connectivity index (χ0v) is 12.5. The van der Waals surface area contributed by atoms with E-state index in [9.17, 15) is 4.79 Å². The lowest BCUT2D eigenvalue weighted by molar-refractivity contribution is 0.0600. The molecule has 0 bridgehead atoms. The van der Waals surface area contributed by atoms with Crippen LogP contribution in [-0.4, -0.2) is 13.1 Å². The monoisotopic (exact) mass is 268 g/mol. The van der Waals surface area contributed by atoms with Crippen molar-refractivity contribution in [3.63, 3.8) is 0 Å². The lowest BCUT2D eigenvalue weighted by atomic mass is 9.95. The van der Waals surface area contributed by atoms with Gasteiger partial charge < -0.3 is 4.74 Å². The molecule has 0 aromatic heterocycles. The van der Waals surface area contributed by atoms with Crippen molar-refractivity contribution in [2.45, 2.75) is 27.2 Å². The van der Waals surface area contributed by atoms with Gasteiger partial charge in [0, 0.05) is 0 Å². The summed E-state index contributed by atoms with van der Waals surface area (Å²) in [6.07, 6.45) is 1.05. The second-order valence-electron chi connectivity index (χ2n) is 5.02. The molecule has 0 spiro atoms. The molecule has 2 aromatic rings. The topological polar surface area (TPSA) is 26.3 Å². The SMILES string of the molecule is CCc1ccc(-c2ccc(C(=O)OC)cc2C)cc1C. The minimum Gasteiger partial charge on any atom is -0.465 e. The van der Waals surface area contributed by atoms with Crippen molar-refractivity contribution in [2.24, 2.45) is 0 Å². The lowest BCUT2D eigenvalue weighted by Gasteiger charge is -2.11. The van der Waals surface area contributed by atoms with Crippen LogP contribution in [0.5, 0.6) is 0 Å². The Balaban J connectivity index is 2.43. The minimum absolute atomic E-state index is 0.294. The Morgan fingerprint density at radius 1 is 1.05 bits per heavy atom. The average Bonchev–Trinajstić information content (AvgIpc) is 2.46. The molecule has 0 amide bonds. The van der Waals surface area contributed by atoms with E-state index < -0.39 is 0 Å². The maximum atomic E-state index is 11.5. The standard InChI is InChI=1S/C18H20O2/c1-5-14-6-7-15(10-12(14)2)17-9-8-16(11-13(17)3)18(19)20-4/h6-11H,5H2,1-4H3. The summed E-state index contributed by atoms with van der Waals surface area (Å²) in [5, 5.41) is 0. The molecule has 0 N–H and O–H groups in total. The molecule has 2 heteroatoms. The Morgan fingerprint density at radius 2 is 1.80 bits per heavy atom. The van der Waals surface area contributed by atoms with Crippen LogP contribution in [0.3, 0.4) is 0 Å². The summed E-state index contributed by atoms with van der Waals surface area (Å²) in [6, 6.07) is 12.2. The predicted molar refractivity (Wildman–Crippen MR) is 82.1 cm³/mol. The molecule has 0 unspecified atom stereocenters. The van der Waals surface area contributed by atoms with Gasteiger partial charge in [0.15, 0.2) is 0 Å². The van der Waals surface area contributed by atoms with Crippen molar-refractivity contribution in [3.8, 4) is 11.1 Å². The first-order valence-corrected chi connectivity index (χ1v) is 6.85. The van der Waals surface area contributed by atoms with E-state index in [0.29, 0.717) is 5.56 Å². The Kier molecular flexibility index (Phi) is 4.23. The number of hydrogen-bond donors (Lipinski definition) is 0. The molecule has 0 radical (unpaired) electrons. The van der Waals surface area contributed by atoms with Gasteiger partial charge in [-0.15, -0.1) is 0 Å². The van der Waals surface area contributed by atoms with Crippen LogP contribution in [0.2, 0.25) is 0 Å². The maximum absolute atomic E-state index is 11.5. The largest absolute Gasteiger partial charge is 0.465 e. The summed E-state index contributed by atoms with van der Waals surface area (Å²) in [4.78, 5) is 11.5. The third-order valence-corrected chi connectivity index (χ3v) is 3.68. The molecule has 0 aliphatic rings. The summed E-state index contributed by atoms with van der Waals surface area (Å²) >= 11 is 0. The van der Waals surface area contributed by atoms with Gasteiger partial charge >= 0.3 is 5.97 Å². The Labute approximate surface area is 120 Å². The molecule has 104 valence electrons. The lowest BCUT2D eigenvalue weighted by Crippen LogP contribution is -2.01. The molecule has 2 nitrogen and oxygen atoms in total. The number of methoxy groups -OCH3 is 1. The zero-order chi connectivity index (χ0) is 14.7. The molecule has 2 aromatic carbocycles. The van der Waals surface area contributed by atoms with E-state index >= 15 is 0 Å². The maximum Gasteiger partial charge on any atom is 0.337 e. The highest BCUT2D eigenvalue weighted by Crippen LogP contribution is 2.26. The van der Waals surface area contributed by atoms with Gasteiger partial charge in [-0.2, -0.15) is 0 Å². The van der Waals surface area contributed by atoms with E-state index in [4.69, 9.17) is 4.74 Å². The third-order valence-electron chi connectivity index (χ3n) is 3.68. The number of ether oxygens (including phenoxy) is 1. The van der Waals surface area contributed by atoms with Crippen molar-refractivity contribution < 1.29 is 9.53 Å². The molecule has 0 aliphatic carbocycles. The third kappa shape index (κ3) is 2.74. The molecule has 0 aliphatic heterocycles. The van der Waals surface area contributed by atoms with Gasteiger partial charge in [-0.05, 0) is 60.2 Å². The smallest absolute Gasteiger partial charge is 0.337 e. The van der Waals surface area contributed by atoms with Gasteiger partial charge in [0.2, 0.25) is 0 Å². The molecule has 20 heavy (non-hydrogen) atoms. The van der Waals surface area contributed by atoms with Crippen LogP contribution >= 0.6 is 0 Å². The number of aryl methyl sites for hydroxylation is 3.